The van der Waals surface area contributed by atoms with Gasteiger partial charge in [-0.25, -0.2) is 14.9 Å². The van der Waals surface area contributed by atoms with E-state index in [-0.39, 0.29) is 0 Å². The summed E-state index contributed by atoms with van der Waals surface area (Å²) in [6.07, 6.45) is 3.50. The number of hydrogen-bond acceptors (Lipinski definition) is 7. The summed E-state index contributed by atoms with van der Waals surface area (Å²) in [7, 11) is 0. The number of nitrogens with zero attached hydrogens (tertiary/aromatic N) is 2. The fourth-order valence-electron chi connectivity index (χ4n) is 1.77. The van der Waals surface area contributed by atoms with Gasteiger partial charge in [-0.3, -0.25) is 5.10 Å². The number of nitrogens with one attached hydrogen (secondary N) is 2. The molecule has 0 saturated heterocycles. The van der Waals surface area contributed by atoms with Gasteiger partial charge in [-0.2, -0.15) is 0 Å². The highest BCUT2D eigenvalue weighted by Crippen LogP contribution is 2.14. The second-order valence-corrected chi connectivity index (χ2v) is 5.30. The number of anilines is 1. The van der Waals surface area contributed by atoms with E-state index in [2.05, 4.69) is 24.8 Å². The quantitative estimate of drug-likeness (QED) is 0.214. The van der Waals surface area contributed by atoms with E-state index in [9.17, 15) is 0 Å². The Morgan fingerprint density at radius 2 is 2.33 bits per heavy atom. The Morgan fingerprint density at radius 3 is 3.10 bits per heavy atom. The fourth-order valence-corrected chi connectivity index (χ4v) is 2.41. The van der Waals surface area contributed by atoms with Crippen LogP contribution < -0.4 is 5.32 Å². The number of hydrogen-bond donors (Lipinski definition) is 3. The maximum absolute atomic E-state index is 7.97. The van der Waals surface area contributed by atoms with Crippen molar-refractivity contribution < 1.29 is 14.6 Å². The highest BCUT2D eigenvalue weighted by molar-refractivity contribution is 7.94. The summed E-state index contributed by atoms with van der Waals surface area (Å²) in [5.74, 6) is 0.756. The van der Waals surface area contributed by atoms with Gasteiger partial charge in [-0.1, -0.05) is 11.1 Å². The molecule has 3 N–H and O–H groups in total. The lowest BCUT2D eigenvalue weighted by molar-refractivity contribution is -0.432. The van der Waals surface area contributed by atoms with Gasteiger partial charge in [-0.15, -0.1) is 4.33 Å². The first-order chi connectivity index (χ1) is 10.3. The SMILES string of the molecule is OOOSCCCCNc1cccc(-n2[nH]cnc2=S)c1. The number of H-pyrrole nitrogens is 1. The lowest BCUT2D eigenvalue weighted by Gasteiger charge is -2.08. The first-order valence-electron chi connectivity index (χ1n) is 6.37. The first kappa shape index (κ1) is 16.0. The van der Waals surface area contributed by atoms with Crippen LogP contribution in [0.15, 0.2) is 30.6 Å². The standard InChI is InChI=1S/C12H16N4O3S2/c17-18-19-21-7-2-1-6-13-10-4-3-5-11(8-10)16-12(20)14-9-15-16/h3-5,8-9,13,17H,1-2,6-7H2,(H,14,15,20). The zero-order chi connectivity index (χ0) is 14.9. The number of benzene rings is 1. The lowest BCUT2D eigenvalue weighted by Crippen LogP contribution is -2.03. The van der Waals surface area contributed by atoms with Crippen molar-refractivity contribution in [2.45, 2.75) is 12.8 Å². The molecule has 114 valence electrons. The van der Waals surface area contributed by atoms with Crippen LogP contribution in [0.25, 0.3) is 5.69 Å². The molecule has 0 aliphatic heterocycles. The molecule has 0 unspecified atom stereocenters. The average molecular weight is 328 g/mol. The van der Waals surface area contributed by atoms with Gasteiger partial charge >= 0.3 is 0 Å². The van der Waals surface area contributed by atoms with Gasteiger partial charge in [0.05, 0.1) is 5.69 Å². The molecule has 0 amide bonds. The Kier molecular flexibility index (Phi) is 6.70. The van der Waals surface area contributed by atoms with E-state index in [1.807, 2.05) is 24.3 Å². The molecule has 1 heterocycles. The van der Waals surface area contributed by atoms with E-state index >= 15 is 0 Å². The molecule has 0 radical (unpaired) electrons. The second-order valence-electron chi connectivity index (χ2n) is 4.15. The highest BCUT2D eigenvalue weighted by atomic mass is 32.2. The molecule has 0 spiro atoms. The molecule has 9 heteroatoms. The summed E-state index contributed by atoms with van der Waals surface area (Å²) in [6.45, 7) is 0.846. The third-order valence-corrected chi connectivity index (χ3v) is 3.62. The normalized spacial score (nSPS) is 10.7. The summed E-state index contributed by atoms with van der Waals surface area (Å²) >= 11 is 6.20. The Bertz CT molecular complexity index is 602. The van der Waals surface area contributed by atoms with Crippen molar-refractivity contribution in [1.29, 1.82) is 0 Å². The van der Waals surface area contributed by atoms with Gasteiger partial charge in [0.25, 0.3) is 0 Å². The lowest BCUT2D eigenvalue weighted by atomic mass is 10.2. The van der Waals surface area contributed by atoms with Gasteiger partial charge in [0.15, 0.2) is 0 Å². The summed E-state index contributed by atoms with van der Waals surface area (Å²) in [6, 6.07) is 7.93. The van der Waals surface area contributed by atoms with E-state index < -0.39 is 0 Å². The van der Waals surface area contributed by atoms with Crippen LogP contribution in [-0.2, 0) is 9.37 Å². The molecule has 0 aliphatic carbocycles. The first-order valence-corrected chi connectivity index (χ1v) is 7.69. The molecule has 1 aromatic carbocycles. The molecule has 1 aromatic heterocycles. The summed E-state index contributed by atoms with van der Waals surface area (Å²) in [4.78, 5) is 3.99. The van der Waals surface area contributed by atoms with Gasteiger partial charge in [0.1, 0.15) is 6.33 Å². The van der Waals surface area contributed by atoms with Gasteiger partial charge in [-0.05, 0) is 43.3 Å². The number of aromatic amines is 1. The van der Waals surface area contributed by atoms with Crippen molar-refractivity contribution in [2.24, 2.45) is 0 Å². The fraction of sp³-hybridized carbons (Fsp3) is 0.333. The van der Waals surface area contributed by atoms with Crippen LogP contribution in [0, 0.1) is 4.77 Å². The minimum atomic E-state index is 0.496. The van der Waals surface area contributed by atoms with Crippen molar-refractivity contribution in [3.8, 4) is 5.69 Å². The molecule has 2 aromatic rings. The van der Waals surface area contributed by atoms with E-state index in [4.69, 9.17) is 17.5 Å². The van der Waals surface area contributed by atoms with E-state index in [1.165, 1.54) is 0 Å². The van der Waals surface area contributed by atoms with Crippen molar-refractivity contribution in [3.05, 3.63) is 35.4 Å². The van der Waals surface area contributed by atoms with Crippen molar-refractivity contribution >= 4 is 29.9 Å². The van der Waals surface area contributed by atoms with Crippen molar-refractivity contribution in [3.63, 3.8) is 0 Å². The average Bonchev–Trinajstić information content (AvgIpc) is 2.93. The van der Waals surface area contributed by atoms with Crippen molar-refractivity contribution in [2.75, 3.05) is 17.6 Å². The molecular weight excluding hydrogens is 312 g/mol. The van der Waals surface area contributed by atoms with Gasteiger partial charge in [0, 0.05) is 30.0 Å². The van der Waals surface area contributed by atoms with E-state index in [0.29, 0.717) is 4.77 Å². The third-order valence-electron chi connectivity index (χ3n) is 2.72. The Morgan fingerprint density at radius 1 is 1.43 bits per heavy atom. The van der Waals surface area contributed by atoms with Gasteiger partial charge < -0.3 is 5.32 Å². The topological polar surface area (TPSA) is 84.3 Å². The van der Waals surface area contributed by atoms with Crippen LogP contribution >= 0.6 is 24.3 Å². The minimum Gasteiger partial charge on any atom is -0.385 e. The second kappa shape index (κ2) is 8.80. The molecule has 0 saturated carbocycles. The van der Waals surface area contributed by atoms with E-state index in [0.717, 1.165) is 48.6 Å². The van der Waals surface area contributed by atoms with Crippen LogP contribution in [0.1, 0.15) is 12.8 Å². The Labute approximate surface area is 131 Å². The number of rotatable bonds is 9. The Balaban J connectivity index is 1.80. The largest absolute Gasteiger partial charge is 0.385 e. The number of aromatic nitrogens is 3. The smallest absolute Gasteiger partial charge is 0.220 e. The maximum atomic E-state index is 7.97. The zero-order valence-electron chi connectivity index (χ0n) is 11.2. The molecule has 0 atom stereocenters. The van der Waals surface area contributed by atoms with Crippen LogP contribution in [0.4, 0.5) is 5.69 Å². The van der Waals surface area contributed by atoms with Crippen LogP contribution in [-0.4, -0.2) is 32.3 Å². The Hall–Kier alpha value is -1.39. The predicted molar refractivity (Wildman–Crippen MR) is 83.7 cm³/mol. The molecule has 7 nitrogen and oxygen atoms in total. The summed E-state index contributed by atoms with van der Waals surface area (Å²) in [5, 5.41) is 17.8. The molecule has 0 aliphatic rings. The predicted octanol–water partition coefficient (Wildman–Crippen LogP) is 3.19. The monoisotopic (exact) mass is 328 g/mol. The van der Waals surface area contributed by atoms with Crippen molar-refractivity contribution in [1.82, 2.24) is 14.8 Å². The van der Waals surface area contributed by atoms with Gasteiger partial charge in [0.2, 0.25) is 4.77 Å². The van der Waals surface area contributed by atoms with E-state index in [1.54, 1.807) is 11.0 Å². The van der Waals surface area contributed by atoms with Crippen LogP contribution in [0.2, 0.25) is 0 Å². The third kappa shape index (κ3) is 5.14. The maximum Gasteiger partial charge on any atom is 0.220 e. The molecule has 21 heavy (non-hydrogen) atoms. The molecule has 0 fully saturated rings. The molecule has 2 rings (SSSR count). The van der Waals surface area contributed by atoms with Crippen LogP contribution in [0.5, 0.6) is 0 Å². The summed E-state index contributed by atoms with van der Waals surface area (Å²) in [5.41, 5.74) is 1.96. The van der Waals surface area contributed by atoms with Crippen LogP contribution in [0.3, 0.4) is 0 Å². The molecular formula is C12H16N4O3S2. The molecule has 0 bridgehead atoms. The zero-order valence-corrected chi connectivity index (χ0v) is 12.8. The minimum absolute atomic E-state index is 0.496. The highest BCUT2D eigenvalue weighted by Gasteiger charge is 2.00. The summed E-state index contributed by atoms with van der Waals surface area (Å²) < 4.78 is 6.53. The number of unbranched alkanes of at least 4 members (excludes halogenated alkanes) is 1.